The predicted molar refractivity (Wildman–Crippen MR) is 120 cm³/mol. The van der Waals surface area contributed by atoms with Gasteiger partial charge in [-0.1, -0.05) is 24.3 Å². The normalized spacial score (nSPS) is 14.2. The Balaban J connectivity index is 1.48. The molecule has 3 heterocycles. The van der Waals surface area contributed by atoms with Crippen molar-refractivity contribution in [3.63, 3.8) is 0 Å². The summed E-state index contributed by atoms with van der Waals surface area (Å²) in [7, 11) is -2.05. The minimum Gasteiger partial charge on any atom is -0.414 e. The van der Waals surface area contributed by atoms with Gasteiger partial charge in [-0.3, -0.25) is 9.48 Å². The van der Waals surface area contributed by atoms with E-state index in [2.05, 4.69) is 15.3 Å². The van der Waals surface area contributed by atoms with Crippen LogP contribution in [0.15, 0.2) is 57.8 Å². The van der Waals surface area contributed by atoms with E-state index in [1.54, 1.807) is 23.9 Å². The zero-order valence-electron chi connectivity index (χ0n) is 18.4. The van der Waals surface area contributed by atoms with Gasteiger partial charge in [-0.15, -0.1) is 10.2 Å². The average Bonchev–Trinajstić information content (AvgIpc) is 3.44. The molecule has 1 aliphatic heterocycles. The third-order valence-electron chi connectivity index (χ3n) is 5.84. The third-order valence-corrected chi connectivity index (χ3v) is 7.70. The second-order valence-corrected chi connectivity index (χ2v) is 9.90. The molecule has 0 saturated heterocycles. The van der Waals surface area contributed by atoms with Gasteiger partial charge in [0.15, 0.2) is 11.5 Å². The fourth-order valence-electron chi connectivity index (χ4n) is 4.02. The number of hydrogen-bond acceptors (Lipinski definition) is 7. The highest BCUT2D eigenvalue weighted by molar-refractivity contribution is 7.89. The number of carbonyl (C=O) groups is 1. The first-order valence-electron chi connectivity index (χ1n) is 10.5. The van der Waals surface area contributed by atoms with Crippen molar-refractivity contribution in [1.29, 1.82) is 0 Å². The van der Waals surface area contributed by atoms with Gasteiger partial charge >= 0.3 is 0 Å². The maximum Gasteiger partial charge on any atom is 0.268 e. The van der Waals surface area contributed by atoms with E-state index in [1.807, 2.05) is 0 Å². The van der Waals surface area contributed by atoms with Crippen LogP contribution in [0.25, 0.3) is 23.0 Å². The summed E-state index contributed by atoms with van der Waals surface area (Å²) in [5.41, 5.74) is 2.49. The molecule has 4 aromatic rings. The summed E-state index contributed by atoms with van der Waals surface area (Å²) >= 11 is 0. The third kappa shape index (κ3) is 3.72. The molecule has 174 valence electrons. The molecule has 0 atom stereocenters. The molecule has 2 aromatic heterocycles. The molecule has 11 heteroatoms. The predicted octanol–water partition coefficient (Wildman–Crippen LogP) is 3.23. The SMILES string of the molecule is CC(=O)c1ccc(S(=O)(=O)N2CCc3c(c(-c4nnc(-c5ccccc5F)o4)nn3C)C2)cc1. The summed E-state index contributed by atoms with van der Waals surface area (Å²) in [5, 5.41) is 12.5. The number of rotatable bonds is 5. The van der Waals surface area contributed by atoms with E-state index in [9.17, 15) is 17.6 Å². The van der Waals surface area contributed by atoms with Crippen molar-refractivity contribution in [1.82, 2.24) is 24.3 Å². The molecule has 0 N–H and O–H groups in total. The van der Waals surface area contributed by atoms with Crippen LogP contribution in [0, 0.1) is 5.82 Å². The summed E-state index contributed by atoms with van der Waals surface area (Å²) in [4.78, 5) is 11.6. The van der Waals surface area contributed by atoms with Crippen LogP contribution >= 0.6 is 0 Å². The Morgan fingerprint density at radius 3 is 2.47 bits per heavy atom. The molecule has 0 amide bonds. The van der Waals surface area contributed by atoms with Crippen molar-refractivity contribution in [2.45, 2.75) is 24.8 Å². The maximum absolute atomic E-state index is 14.1. The molecule has 0 unspecified atom stereocenters. The molecule has 1 aliphatic rings. The highest BCUT2D eigenvalue weighted by Gasteiger charge is 2.33. The lowest BCUT2D eigenvalue weighted by molar-refractivity contribution is 0.101. The number of sulfonamides is 1. The topological polar surface area (TPSA) is 111 Å². The fourth-order valence-corrected chi connectivity index (χ4v) is 5.43. The number of aryl methyl sites for hydroxylation is 1. The zero-order valence-corrected chi connectivity index (χ0v) is 19.2. The van der Waals surface area contributed by atoms with E-state index in [0.717, 1.165) is 5.69 Å². The Labute approximate surface area is 194 Å². The highest BCUT2D eigenvalue weighted by Crippen LogP contribution is 2.33. The number of hydrogen-bond donors (Lipinski definition) is 0. The summed E-state index contributed by atoms with van der Waals surface area (Å²) in [6.45, 7) is 1.76. The van der Waals surface area contributed by atoms with Crippen LogP contribution in [0.4, 0.5) is 4.39 Å². The first-order valence-corrected chi connectivity index (χ1v) is 11.9. The van der Waals surface area contributed by atoms with Crippen LogP contribution in [0.2, 0.25) is 0 Å². The molecule has 0 aliphatic carbocycles. The van der Waals surface area contributed by atoms with Crippen LogP contribution in [0.1, 0.15) is 28.5 Å². The monoisotopic (exact) mass is 481 g/mol. The molecule has 0 radical (unpaired) electrons. The standard InChI is InChI=1S/C23H20FN5O4S/c1-14(30)15-7-9-16(10-8-15)34(31,32)29-12-11-20-18(13-29)21(27-28(20)2)23-26-25-22(33-23)17-5-3-4-6-19(17)24/h3-10H,11-13H2,1-2H3. The molecular formula is C23H20FN5O4S. The van der Waals surface area contributed by atoms with E-state index >= 15 is 0 Å². The number of fused-ring (bicyclic) bond motifs is 1. The van der Waals surface area contributed by atoms with E-state index < -0.39 is 15.8 Å². The first kappa shape index (κ1) is 22.1. The molecule has 9 nitrogen and oxygen atoms in total. The van der Waals surface area contributed by atoms with Crippen LogP contribution in [-0.2, 0) is 30.0 Å². The Hall–Kier alpha value is -3.70. The molecule has 0 bridgehead atoms. The van der Waals surface area contributed by atoms with Crippen molar-refractivity contribution in [2.75, 3.05) is 6.54 Å². The van der Waals surface area contributed by atoms with Gasteiger partial charge in [-0.25, -0.2) is 12.8 Å². The average molecular weight is 482 g/mol. The largest absolute Gasteiger partial charge is 0.414 e. The van der Waals surface area contributed by atoms with Gasteiger partial charge in [-0.2, -0.15) is 9.40 Å². The fraction of sp³-hybridized carbons (Fsp3) is 0.217. The van der Waals surface area contributed by atoms with Gasteiger partial charge in [0.2, 0.25) is 10.0 Å². The number of nitrogens with zero attached hydrogens (tertiary/aromatic N) is 5. The van der Waals surface area contributed by atoms with Crippen molar-refractivity contribution < 1.29 is 22.0 Å². The molecule has 2 aromatic carbocycles. The van der Waals surface area contributed by atoms with Gasteiger partial charge in [0, 0.05) is 43.4 Å². The summed E-state index contributed by atoms with van der Waals surface area (Å²) < 4.78 is 49.4. The zero-order chi connectivity index (χ0) is 24.0. The minimum atomic E-state index is -3.81. The Bertz CT molecular complexity index is 1510. The van der Waals surface area contributed by atoms with E-state index in [1.165, 1.54) is 47.6 Å². The second-order valence-electron chi connectivity index (χ2n) is 7.96. The van der Waals surface area contributed by atoms with E-state index in [4.69, 9.17) is 4.42 Å². The molecule has 0 spiro atoms. The summed E-state index contributed by atoms with van der Waals surface area (Å²) in [6.07, 6.45) is 0.442. The number of ketones is 1. The highest BCUT2D eigenvalue weighted by atomic mass is 32.2. The Kier molecular flexibility index (Phi) is 5.37. The number of benzene rings is 2. The van der Waals surface area contributed by atoms with Crippen LogP contribution in [-0.4, -0.2) is 45.0 Å². The minimum absolute atomic E-state index is 0.0124. The van der Waals surface area contributed by atoms with Gasteiger partial charge in [0.05, 0.1) is 10.5 Å². The smallest absolute Gasteiger partial charge is 0.268 e. The van der Waals surface area contributed by atoms with Crippen LogP contribution < -0.4 is 0 Å². The summed E-state index contributed by atoms with van der Waals surface area (Å²) in [5.74, 6) is -0.534. The molecule has 34 heavy (non-hydrogen) atoms. The van der Waals surface area contributed by atoms with E-state index in [-0.39, 0.29) is 41.1 Å². The van der Waals surface area contributed by atoms with Crippen LogP contribution in [0.3, 0.4) is 0 Å². The molecule has 0 fully saturated rings. The van der Waals surface area contributed by atoms with Crippen LogP contribution in [0.5, 0.6) is 0 Å². The Morgan fingerprint density at radius 2 is 1.76 bits per heavy atom. The summed E-state index contributed by atoms with van der Waals surface area (Å²) in [6, 6.07) is 11.9. The lowest BCUT2D eigenvalue weighted by Gasteiger charge is -2.26. The molecular weight excluding hydrogens is 461 g/mol. The number of halogens is 1. The van der Waals surface area contributed by atoms with Gasteiger partial charge < -0.3 is 4.42 Å². The van der Waals surface area contributed by atoms with Crippen molar-refractivity contribution in [3.05, 3.63) is 71.2 Å². The lowest BCUT2D eigenvalue weighted by Crippen LogP contribution is -2.36. The molecule has 0 saturated carbocycles. The maximum atomic E-state index is 14.1. The van der Waals surface area contributed by atoms with Crippen molar-refractivity contribution in [3.8, 4) is 23.0 Å². The number of Topliss-reactive ketones (excluding diaryl/α,β-unsaturated/α-hetero) is 1. The quantitative estimate of drug-likeness (QED) is 0.402. The second kappa shape index (κ2) is 8.26. The van der Waals surface area contributed by atoms with Gasteiger partial charge in [0.1, 0.15) is 5.82 Å². The number of aromatic nitrogens is 4. The lowest BCUT2D eigenvalue weighted by atomic mass is 10.1. The Morgan fingerprint density at radius 1 is 1.06 bits per heavy atom. The van der Waals surface area contributed by atoms with Gasteiger partial charge in [0.25, 0.3) is 11.8 Å². The van der Waals surface area contributed by atoms with Gasteiger partial charge in [-0.05, 0) is 31.2 Å². The molecule has 5 rings (SSSR count). The van der Waals surface area contributed by atoms with Crippen molar-refractivity contribution in [2.24, 2.45) is 7.05 Å². The van der Waals surface area contributed by atoms with Crippen molar-refractivity contribution >= 4 is 15.8 Å². The first-order chi connectivity index (χ1) is 16.3. The number of carbonyl (C=O) groups excluding carboxylic acids is 1. The van der Waals surface area contributed by atoms with E-state index in [0.29, 0.717) is 23.2 Å².